The number of rotatable bonds is 9. The van der Waals surface area contributed by atoms with Gasteiger partial charge in [-0.3, -0.25) is 0 Å². The quantitative estimate of drug-likeness (QED) is 0.702. The Morgan fingerprint density at radius 2 is 1.80 bits per heavy atom. The first-order chi connectivity index (χ1) is 9.23. The van der Waals surface area contributed by atoms with Crippen LogP contribution in [0, 0.1) is 5.41 Å². The van der Waals surface area contributed by atoms with E-state index in [0.29, 0.717) is 17.0 Å². The van der Waals surface area contributed by atoms with E-state index in [0.717, 1.165) is 13.1 Å². The second-order valence-corrected chi connectivity index (χ2v) is 7.81. The Morgan fingerprint density at radius 1 is 1.20 bits per heavy atom. The summed E-state index contributed by atoms with van der Waals surface area (Å²) < 4.78 is 0. The summed E-state index contributed by atoms with van der Waals surface area (Å²) in [5.41, 5.74) is 0.742. The van der Waals surface area contributed by atoms with Crippen molar-refractivity contribution in [2.24, 2.45) is 5.41 Å². The van der Waals surface area contributed by atoms with Crippen LogP contribution in [0.3, 0.4) is 0 Å². The minimum Gasteiger partial charge on any atom is -0.314 e. The average Bonchev–Trinajstić information content (AvgIpc) is 2.29. The molecule has 0 aromatic rings. The van der Waals surface area contributed by atoms with Crippen molar-refractivity contribution in [2.75, 3.05) is 40.8 Å². The first kappa shape index (κ1) is 17.9. The number of nitrogens with one attached hydrogen (secondary N) is 1. The van der Waals surface area contributed by atoms with Crippen LogP contribution in [0.15, 0.2) is 0 Å². The zero-order valence-electron chi connectivity index (χ0n) is 14.9. The molecule has 1 unspecified atom stereocenters. The van der Waals surface area contributed by atoms with Crippen LogP contribution in [0.25, 0.3) is 0 Å². The van der Waals surface area contributed by atoms with E-state index in [-0.39, 0.29) is 0 Å². The Morgan fingerprint density at radius 3 is 2.20 bits per heavy atom. The van der Waals surface area contributed by atoms with Crippen molar-refractivity contribution in [3.05, 3.63) is 0 Å². The Kier molecular flexibility index (Phi) is 6.49. The maximum atomic E-state index is 3.65. The lowest BCUT2D eigenvalue weighted by Gasteiger charge is -2.50. The summed E-state index contributed by atoms with van der Waals surface area (Å²) in [6.07, 6.45) is 5.31. The summed E-state index contributed by atoms with van der Waals surface area (Å²) in [5.74, 6) is 0. The standard InChI is InChI=1S/C17H37N3/c1-8-12-18-15(2)16(3,4)13-20(7)14-17(19(5)6)10-9-11-17/h15,18H,8-14H2,1-7H3. The summed E-state index contributed by atoms with van der Waals surface area (Å²) in [6, 6.07) is 0.557. The zero-order valence-corrected chi connectivity index (χ0v) is 14.9. The Balaban J connectivity index is 2.49. The van der Waals surface area contributed by atoms with Crippen molar-refractivity contribution >= 4 is 0 Å². The summed E-state index contributed by atoms with van der Waals surface area (Å²) in [5, 5.41) is 3.65. The lowest BCUT2D eigenvalue weighted by Crippen LogP contribution is -2.58. The molecule has 1 saturated carbocycles. The van der Waals surface area contributed by atoms with Crippen molar-refractivity contribution in [3.8, 4) is 0 Å². The fraction of sp³-hybridized carbons (Fsp3) is 1.00. The molecule has 0 heterocycles. The summed E-state index contributed by atoms with van der Waals surface area (Å²) in [4.78, 5) is 4.99. The van der Waals surface area contributed by atoms with Crippen molar-refractivity contribution < 1.29 is 0 Å². The SMILES string of the molecule is CCCNC(C)C(C)(C)CN(C)CC1(N(C)C)CCC1. The second kappa shape index (κ2) is 7.24. The Hall–Kier alpha value is -0.120. The van der Waals surface area contributed by atoms with E-state index < -0.39 is 0 Å². The highest BCUT2D eigenvalue weighted by molar-refractivity contribution is 4.98. The molecule has 1 fully saturated rings. The second-order valence-electron chi connectivity index (χ2n) is 7.81. The van der Waals surface area contributed by atoms with Crippen molar-refractivity contribution in [2.45, 2.75) is 65.0 Å². The fourth-order valence-electron chi connectivity index (χ4n) is 3.36. The Labute approximate surface area is 127 Å². The molecule has 0 spiro atoms. The third-order valence-electron chi connectivity index (χ3n) is 5.35. The molecule has 1 atom stereocenters. The van der Waals surface area contributed by atoms with Crippen LogP contribution in [-0.2, 0) is 0 Å². The van der Waals surface area contributed by atoms with Crippen molar-refractivity contribution in [3.63, 3.8) is 0 Å². The van der Waals surface area contributed by atoms with Crippen molar-refractivity contribution in [1.82, 2.24) is 15.1 Å². The van der Waals surface area contributed by atoms with Gasteiger partial charge < -0.3 is 15.1 Å². The summed E-state index contributed by atoms with van der Waals surface area (Å²) in [7, 11) is 6.77. The molecular formula is C17H37N3. The monoisotopic (exact) mass is 283 g/mol. The number of nitrogens with zero attached hydrogens (tertiary/aromatic N) is 2. The minimum atomic E-state index is 0.307. The molecule has 0 saturated heterocycles. The van der Waals surface area contributed by atoms with Gasteiger partial charge in [-0.2, -0.15) is 0 Å². The molecule has 0 aliphatic heterocycles. The lowest BCUT2D eigenvalue weighted by atomic mass is 9.75. The van der Waals surface area contributed by atoms with E-state index in [4.69, 9.17) is 0 Å². The maximum Gasteiger partial charge on any atom is 0.0330 e. The molecule has 1 rings (SSSR count). The van der Waals surface area contributed by atoms with Gasteiger partial charge in [0.15, 0.2) is 0 Å². The van der Waals surface area contributed by atoms with Gasteiger partial charge in [0, 0.05) is 24.7 Å². The molecule has 0 radical (unpaired) electrons. The average molecular weight is 284 g/mol. The molecule has 1 aliphatic rings. The molecule has 20 heavy (non-hydrogen) atoms. The normalized spacial score (nSPS) is 20.2. The van der Waals surface area contributed by atoms with E-state index in [2.05, 4.69) is 64.0 Å². The highest BCUT2D eigenvalue weighted by Gasteiger charge is 2.40. The van der Waals surface area contributed by atoms with Gasteiger partial charge in [0.2, 0.25) is 0 Å². The molecule has 3 heteroatoms. The van der Waals surface area contributed by atoms with Gasteiger partial charge in [-0.25, -0.2) is 0 Å². The molecular weight excluding hydrogens is 246 g/mol. The predicted octanol–water partition coefficient (Wildman–Crippen LogP) is 2.82. The Bertz CT molecular complexity index is 282. The molecule has 0 aromatic carbocycles. The molecule has 0 bridgehead atoms. The summed E-state index contributed by atoms with van der Waals surface area (Å²) >= 11 is 0. The minimum absolute atomic E-state index is 0.307. The van der Waals surface area contributed by atoms with Gasteiger partial charge in [0.25, 0.3) is 0 Å². The first-order valence-electron chi connectivity index (χ1n) is 8.33. The van der Waals surface area contributed by atoms with Crippen LogP contribution in [0.5, 0.6) is 0 Å². The summed E-state index contributed by atoms with van der Waals surface area (Å²) in [6.45, 7) is 12.8. The highest BCUT2D eigenvalue weighted by Crippen LogP contribution is 2.37. The van der Waals surface area contributed by atoms with Crippen LogP contribution in [0.2, 0.25) is 0 Å². The van der Waals surface area contributed by atoms with E-state index in [1.165, 1.54) is 32.2 Å². The number of hydrogen-bond acceptors (Lipinski definition) is 3. The number of hydrogen-bond donors (Lipinski definition) is 1. The molecule has 3 nitrogen and oxygen atoms in total. The highest BCUT2D eigenvalue weighted by atomic mass is 15.2. The van der Waals surface area contributed by atoms with E-state index in [1.807, 2.05) is 0 Å². The molecule has 0 amide bonds. The lowest BCUT2D eigenvalue weighted by molar-refractivity contribution is 0.0157. The number of likely N-dealkylation sites (N-methyl/N-ethyl adjacent to an activating group) is 2. The van der Waals surface area contributed by atoms with E-state index in [1.54, 1.807) is 0 Å². The van der Waals surface area contributed by atoms with Gasteiger partial charge in [0.05, 0.1) is 0 Å². The van der Waals surface area contributed by atoms with Gasteiger partial charge in [0.1, 0.15) is 0 Å². The van der Waals surface area contributed by atoms with Crippen LogP contribution in [0.1, 0.15) is 53.4 Å². The van der Waals surface area contributed by atoms with Gasteiger partial charge in [-0.05, 0) is 65.7 Å². The predicted molar refractivity (Wildman–Crippen MR) is 89.3 cm³/mol. The maximum absolute atomic E-state index is 3.65. The molecule has 0 aromatic heterocycles. The third-order valence-corrected chi connectivity index (χ3v) is 5.35. The van der Waals surface area contributed by atoms with Crippen molar-refractivity contribution in [1.29, 1.82) is 0 Å². The van der Waals surface area contributed by atoms with Crippen LogP contribution in [-0.4, -0.2) is 62.2 Å². The largest absolute Gasteiger partial charge is 0.314 e. The van der Waals surface area contributed by atoms with Gasteiger partial charge in [-0.15, -0.1) is 0 Å². The van der Waals surface area contributed by atoms with Crippen LogP contribution >= 0.6 is 0 Å². The topological polar surface area (TPSA) is 18.5 Å². The molecule has 120 valence electrons. The van der Waals surface area contributed by atoms with Gasteiger partial charge >= 0.3 is 0 Å². The van der Waals surface area contributed by atoms with Gasteiger partial charge in [-0.1, -0.05) is 20.8 Å². The molecule has 1 N–H and O–H groups in total. The smallest absolute Gasteiger partial charge is 0.0330 e. The van der Waals surface area contributed by atoms with E-state index in [9.17, 15) is 0 Å². The van der Waals surface area contributed by atoms with Crippen LogP contribution in [0.4, 0.5) is 0 Å². The fourth-order valence-corrected chi connectivity index (χ4v) is 3.36. The zero-order chi connectivity index (χ0) is 15.4. The van der Waals surface area contributed by atoms with Crippen LogP contribution < -0.4 is 5.32 Å². The van der Waals surface area contributed by atoms with E-state index >= 15 is 0 Å². The molecule has 1 aliphatic carbocycles. The first-order valence-corrected chi connectivity index (χ1v) is 8.33. The third kappa shape index (κ3) is 4.44.